The first-order valence-corrected chi connectivity index (χ1v) is 4.97. The molecule has 0 amide bonds. The number of benzene rings is 1. The van der Waals surface area contributed by atoms with Crippen LogP contribution in [0.2, 0.25) is 0 Å². The van der Waals surface area contributed by atoms with E-state index in [0.29, 0.717) is 5.76 Å². The van der Waals surface area contributed by atoms with Gasteiger partial charge >= 0.3 is 0 Å². The maximum atomic E-state index is 10.0. The van der Waals surface area contributed by atoms with E-state index in [0.717, 1.165) is 5.56 Å². The van der Waals surface area contributed by atoms with E-state index in [9.17, 15) is 5.11 Å². The standard InChI is InChI=1S/C13H14O2/c1-9-5-6-11(8-10(9)2)13(14)12-4-3-7-15-12/h3-8,13-14H,1-2H3/t13-/m1/s1. The van der Waals surface area contributed by atoms with Crippen molar-refractivity contribution in [3.05, 3.63) is 59.0 Å². The van der Waals surface area contributed by atoms with Crippen molar-refractivity contribution in [2.45, 2.75) is 20.0 Å². The Bertz CT molecular complexity index is 444. The molecule has 0 saturated carbocycles. The summed E-state index contributed by atoms with van der Waals surface area (Å²) in [6, 6.07) is 9.48. The van der Waals surface area contributed by atoms with Crippen LogP contribution < -0.4 is 0 Å². The zero-order valence-corrected chi connectivity index (χ0v) is 8.90. The molecule has 0 fully saturated rings. The van der Waals surface area contributed by atoms with Gasteiger partial charge in [0, 0.05) is 0 Å². The lowest BCUT2D eigenvalue weighted by atomic mass is 10.0. The van der Waals surface area contributed by atoms with Gasteiger partial charge in [-0.15, -0.1) is 0 Å². The Morgan fingerprint density at radius 3 is 2.53 bits per heavy atom. The average molecular weight is 202 g/mol. The van der Waals surface area contributed by atoms with Crippen LogP contribution in [0.5, 0.6) is 0 Å². The van der Waals surface area contributed by atoms with Gasteiger partial charge in [0.2, 0.25) is 0 Å². The number of hydrogen-bond donors (Lipinski definition) is 1. The molecular formula is C13H14O2. The van der Waals surface area contributed by atoms with Gasteiger partial charge < -0.3 is 9.52 Å². The monoisotopic (exact) mass is 202 g/mol. The smallest absolute Gasteiger partial charge is 0.137 e. The molecule has 2 aromatic rings. The topological polar surface area (TPSA) is 33.4 Å². The van der Waals surface area contributed by atoms with Gasteiger partial charge in [-0.3, -0.25) is 0 Å². The molecule has 1 heterocycles. The zero-order valence-electron chi connectivity index (χ0n) is 8.90. The highest BCUT2D eigenvalue weighted by Crippen LogP contribution is 2.23. The lowest BCUT2D eigenvalue weighted by Gasteiger charge is -2.10. The minimum atomic E-state index is -0.667. The normalized spacial score (nSPS) is 12.7. The molecule has 0 aliphatic carbocycles. The van der Waals surface area contributed by atoms with Crippen molar-refractivity contribution in [1.82, 2.24) is 0 Å². The van der Waals surface area contributed by atoms with Gasteiger partial charge in [-0.25, -0.2) is 0 Å². The largest absolute Gasteiger partial charge is 0.466 e. The van der Waals surface area contributed by atoms with Crippen LogP contribution in [0.4, 0.5) is 0 Å². The van der Waals surface area contributed by atoms with E-state index < -0.39 is 6.10 Å². The molecule has 2 rings (SSSR count). The van der Waals surface area contributed by atoms with Gasteiger partial charge in [0.15, 0.2) is 0 Å². The van der Waals surface area contributed by atoms with Crippen LogP contribution in [0.1, 0.15) is 28.6 Å². The first-order chi connectivity index (χ1) is 7.18. The minimum absolute atomic E-state index is 0.582. The van der Waals surface area contributed by atoms with Crippen LogP contribution in [0.3, 0.4) is 0 Å². The van der Waals surface area contributed by atoms with Crippen molar-refractivity contribution in [3.8, 4) is 0 Å². The SMILES string of the molecule is Cc1ccc([C@@H](O)c2ccco2)cc1C. The third-order valence-electron chi connectivity index (χ3n) is 2.66. The molecule has 1 N–H and O–H groups in total. The molecule has 2 heteroatoms. The van der Waals surface area contributed by atoms with Gasteiger partial charge in [0.1, 0.15) is 11.9 Å². The summed E-state index contributed by atoms with van der Waals surface area (Å²) in [7, 11) is 0. The van der Waals surface area contributed by atoms with Crippen LogP contribution in [0, 0.1) is 13.8 Å². The predicted octanol–water partition coefficient (Wildman–Crippen LogP) is 2.98. The van der Waals surface area contributed by atoms with E-state index in [2.05, 4.69) is 6.92 Å². The molecule has 0 saturated heterocycles. The Balaban J connectivity index is 2.34. The summed E-state index contributed by atoms with van der Waals surface area (Å²) in [4.78, 5) is 0. The summed E-state index contributed by atoms with van der Waals surface area (Å²) in [5, 5.41) is 10.0. The van der Waals surface area contributed by atoms with Crippen LogP contribution in [-0.2, 0) is 0 Å². The van der Waals surface area contributed by atoms with Crippen molar-refractivity contribution in [1.29, 1.82) is 0 Å². The van der Waals surface area contributed by atoms with E-state index >= 15 is 0 Å². The molecule has 0 spiro atoms. The maximum absolute atomic E-state index is 10.0. The highest BCUT2D eigenvalue weighted by Gasteiger charge is 2.13. The molecule has 15 heavy (non-hydrogen) atoms. The van der Waals surface area contributed by atoms with E-state index in [1.165, 1.54) is 11.1 Å². The van der Waals surface area contributed by atoms with Gasteiger partial charge in [-0.05, 0) is 42.7 Å². The molecule has 1 atom stereocenters. The number of aryl methyl sites for hydroxylation is 2. The van der Waals surface area contributed by atoms with Crippen LogP contribution in [0.25, 0.3) is 0 Å². The van der Waals surface area contributed by atoms with Crippen molar-refractivity contribution in [2.24, 2.45) is 0 Å². The first kappa shape index (κ1) is 9.99. The fourth-order valence-electron chi connectivity index (χ4n) is 1.55. The third kappa shape index (κ3) is 1.95. The summed E-state index contributed by atoms with van der Waals surface area (Å²) in [5.41, 5.74) is 3.27. The predicted molar refractivity (Wildman–Crippen MR) is 58.7 cm³/mol. The van der Waals surface area contributed by atoms with Crippen molar-refractivity contribution < 1.29 is 9.52 Å². The van der Waals surface area contributed by atoms with E-state index in [-0.39, 0.29) is 0 Å². The van der Waals surface area contributed by atoms with Crippen molar-refractivity contribution in [3.63, 3.8) is 0 Å². The van der Waals surface area contributed by atoms with E-state index in [1.807, 2.05) is 25.1 Å². The molecule has 0 aliphatic heterocycles. The van der Waals surface area contributed by atoms with Gasteiger partial charge in [-0.2, -0.15) is 0 Å². The zero-order chi connectivity index (χ0) is 10.8. The average Bonchev–Trinajstić information content (AvgIpc) is 2.74. The molecule has 1 aromatic heterocycles. The summed E-state index contributed by atoms with van der Waals surface area (Å²) in [6.07, 6.45) is 0.902. The molecule has 0 bridgehead atoms. The Labute approximate surface area is 89.2 Å². The minimum Gasteiger partial charge on any atom is -0.466 e. The summed E-state index contributed by atoms with van der Waals surface area (Å²) < 4.78 is 5.17. The number of aliphatic hydroxyl groups excluding tert-OH is 1. The molecule has 2 nitrogen and oxygen atoms in total. The Kier molecular flexibility index (Phi) is 2.60. The van der Waals surface area contributed by atoms with Crippen molar-refractivity contribution >= 4 is 0 Å². The Morgan fingerprint density at radius 2 is 1.93 bits per heavy atom. The fourth-order valence-corrected chi connectivity index (χ4v) is 1.55. The van der Waals surface area contributed by atoms with Crippen molar-refractivity contribution in [2.75, 3.05) is 0 Å². The summed E-state index contributed by atoms with van der Waals surface area (Å²) in [6.45, 7) is 4.09. The highest BCUT2D eigenvalue weighted by molar-refractivity contribution is 5.33. The number of aliphatic hydroxyl groups is 1. The lowest BCUT2D eigenvalue weighted by molar-refractivity contribution is 0.189. The van der Waals surface area contributed by atoms with Gasteiger partial charge in [-0.1, -0.05) is 18.2 Å². The quantitative estimate of drug-likeness (QED) is 0.812. The first-order valence-electron chi connectivity index (χ1n) is 4.97. The number of furan rings is 1. The molecule has 1 aromatic carbocycles. The molecule has 0 unspecified atom stereocenters. The highest BCUT2D eigenvalue weighted by atomic mass is 16.4. The second-order valence-corrected chi connectivity index (χ2v) is 3.76. The second kappa shape index (κ2) is 3.91. The van der Waals surface area contributed by atoms with Gasteiger partial charge in [0.25, 0.3) is 0 Å². The molecule has 0 radical (unpaired) electrons. The molecule has 0 aliphatic rings. The maximum Gasteiger partial charge on any atom is 0.137 e. The number of rotatable bonds is 2. The second-order valence-electron chi connectivity index (χ2n) is 3.76. The van der Waals surface area contributed by atoms with Crippen LogP contribution in [-0.4, -0.2) is 5.11 Å². The molecule has 78 valence electrons. The van der Waals surface area contributed by atoms with Gasteiger partial charge in [0.05, 0.1) is 6.26 Å². The fraction of sp³-hybridized carbons (Fsp3) is 0.231. The lowest BCUT2D eigenvalue weighted by Crippen LogP contribution is -1.98. The van der Waals surface area contributed by atoms with E-state index in [4.69, 9.17) is 4.42 Å². The Hall–Kier alpha value is -1.54. The third-order valence-corrected chi connectivity index (χ3v) is 2.66. The number of hydrogen-bond acceptors (Lipinski definition) is 2. The summed E-state index contributed by atoms with van der Waals surface area (Å²) in [5.74, 6) is 0.582. The van der Waals surface area contributed by atoms with Crippen LogP contribution >= 0.6 is 0 Å². The van der Waals surface area contributed by atoms with Crippen LogP contribution in [0.15, 0.2) is 41.0 Å². The molecular weight excluding hydrogens is 188 g/mol. The summed E-state index contributed by atoms with van der Waals surface area (Å²) >= 11 is 0. The Morgan fingerprint density at radius 1 is 1.13 bits per heavy atom. The van der Waals surface area contributed by atoms with E-state index in [1.54, 1.807) is 18.4 Å².